The number of hydrogen-bond donors (Lipinski definition) is 2. The summed E-state index contributed by atoms with van der Waals surface area (Å²) in [4.78, 5) is 25.9. The van der Waals surface area contributed by atoms with E-state index in [0.717, 1.165) is 31.2 Å². The quantitative estimate of drug-likeness (QED) is 0.836. The lowest BCUT2D eigenvalue weighted by Crippen LogP contribution is -2.49. The first-order valence-corrected chi connectivity index (χ1v) is 9.98. The van der Waals surface area contributed by atoms with Gasteiger partial charge in [0.05, 0.1) is 6.04 Å². The third-order valence-corrected chi connectivity index (χ3v) is 5.91. The Labute approximate surface area is 160 Å². The van der Waals surface area contributed by atoms with Gasteiger partial charge in [-0.2, -0.15) is 0 Å². The van der Waals surface area contributed by atoms with E-state index in [1.165, 1.54) is 12.8 Å². The molecule has 1 saturated heterocycles. The fraction of sp³-hybridized carbons (Fsp3) is 0.600. The summed E-state index contributed by atoms with van der Waals surface area (Å²) < 4.78 is 0. The van der Waals surface area contributed by atoms with E-state index in [4.69, 9.17) is 11.6 Å². The number of benzene rings is 1. The lowest BCUT2D eigenvalue weighted by atomic mass is 9.91. The summed E-state index contributed by atoms with van der Waals surface area (Å²) in [5, 5.41) is 7.01. The van der Waals surface area contributed by atoms with Gasteiger partial charge in [-0.1, -0.05) is 36.6 Å². The van der Waals surface area contributed by atoms with Crippen molar-refractivity contribution in [1.82, 2.24) is 15.5 Å². The molecule has 1 heterocycles. The summed E-state index contributed by atoms with van der Waals surface area (Å²) in [5.74, 6) is 0.582. The van der Waals surface area contributed by atoms with E-state index >= 15 is 0 Å². The molecule has 3 rings (SSSR count). The zero-order valence-corrected chi connectivity index (χ0v) is 16.1. The number of urea groups is 1. The molecule has 2 N–H and O–H groups in total. The first kappa shape index (κ1) is 19.0. The second kappa shape index (κ2) is 8.76. The number of halogens is 1. The van der Waals surface area contributed by atoms with Gasteiger partial charge in [0.1, 0.15) is 0 Å². The van der Waals surface area contributed by atoms with Gasteiger partial charge in [-0.05, 0) is 49.3 Å². The molecule has 6 heteroatoms. The van der Waals surface area contributed by atoms with E-state index in [2.05, 4.69) is 10.6 Å². The van der Waals surface area contributed by atoms with Crippen molar-refractivity contribution in [2.75, 3.05) is 13.1 Å². The number of piperidine rings is 1. The van der Waals surface area contributed by atoms with Crippen LogP contribution in [0.3, 0.4) is 0 Å². The molecular formula is C20H28ClN3O2. The molecule has 3 amide bonds. The number of nitrogens with one attached hydrogen (secondary N) is 2. The van der Waals surface area contributed by atoms with Gasteiger partial charge in [0.25, 0.3) is 0 Å². The Morgan fingerprint density at radius 3 is 2.27 bits per heavy atom. The number of carbonyl (C=O) groups is 2. The number of nitrogens with zero attached hydrogens (tertiary/aromatic N) is 1. The SMILES string of the molecule is CC(=O)N1CCC(NC(=O)NC(c2ccc(Cl)cc2)C2CCCC2)CC1. The third kappa shape index (κ3) is 4.91. The number of likely N-dealkylation sites (tertiary alicyclic amines) is 1. The van der Waals surface area contributed by atoms with E-state index in [-0.39, 0.29) is 24.0 Å². The second-order valence-electron chi connectivity index (χ2n) is 7.47. The van der Waals surface area contributed by atoms with Crippen LogP contribution in [0.5, 0.6) is 0 Å². The van der Waals surface area contributed by atoms with Gasteiger partial charge < -0.3 is 15.5 Å². The lowest BCUT2D eigenvalue weighted by molar-refractivity contribution is -0.129. The summed E-state index contributed by atoms with van der Waals surface area (Å²) in [5.41, 5.74) is 1.11. The molecule has 2 aliphatic rings. The molecule has 1 aromatic carbocycles. The maximum atomic E-state index is 12.6. The fourth-order valence-electron chi connectivity index (χ4n) is 4.14. The van der Waals surface area contributed by atoms with Crippen molar-refractivity contribution in [3.63, 3.8) is 0 Å². The predicted octanol–water partition coefficient (Wildman–Crippen LogP) is 3.88. The molecule has 142 valence electrons. The zero-order valence-electron chi connectivity index (χ0n) is 15.3. The van der Waals surface area contributed by atoms with Gasteiger partial charge in [0, 0.05) is 31.1 Å². The maximum absolute atomic E-state index is 12.6. The summed E-state index contributed by atoms with van der Waals surface area (Å²) in [6.45, 7) is 3.02. The zero-order chi connectivity index (χ0) is 18.5. The Morgan fingerprint density at radius 1 is 1.08 bits per heavy atom. The Bertz CT molecular complexity index is 620. The fourth-order valence-corrected chi connectivity index (χ4v) is 4.27. The van der Waals surface area contributed by atoms with E-state index < -0.39 is 0 Å². The van der Waals surface area contributed by atoms with Crippen molar-refractivity contribution < 1.29 is 9.59 Å². The molecule has 0 radical (unpaired) electrons. The van der Waals surface area contributed by atoms with Gasteiger partial charge >= 0.3 is 6.03 Å². The Hall–Kier alpha value is -1.75. The van der Waals surface area contributed by atoms with Gasteiger partial charge in [-0.3, -0.25) is 4.79 Å². The molecule has 1 unspecified atom stereocenters. The highest BCUT2D eigenvalue weighted by molar-refractivity contribution is 6.30. The first-order chi connectivity index (χ1) is 12.5. The molecule has 1 aliphatic heterocycles. The van der Waals surface area contributed by atoms with Gasteiger partial charge in [-0.15, -0.1) is 0 Å². The Morgan fingerprint density at radius 2 is 1.69 bits per heavy atom. The molecule has 2 fully saturated rings. The molecule has 1 aliphatic carbocycles. The van der Waals surface area contributed by atoms with Crippen LogP contribution >= 0.6 is 11.6 Å². The normalized spacial score (nSPS) is 20.0. The van der Waals surface area contributed by atoms with Crippen LogP contribution in [0.2, 0.25) is 5.02 Å². The van der Waals surface area contributed by atoms with E-state index in [0.29, 0.717) is 24.0 Å². The Balaban J connectivity index is 1.59. The molecule has 1 aromatic rings. The van der Waals surface area contributed by atoms with Gasteiger partial charge in [0.2, 0.25) is 5.91 Å². The Kier molecular flexibility index (Phi) is 6.41. The minimum Gasteiger partial charge on any atom is -0.343 e. The van der Waals surface area contributed by atoms with Crippen LogP contribution in [0, 0.1) is 5.92 Å². The number of carbonyl (C=O) groups excluding carboxylic acids is 2. The predicted molar refractivity (Wildman–Crippen MR) is 103 cm³/mol. The molecule has 0 spiro atoms. The van der Waals surface area contributed by atoms with Crippen LogP contribution in [0.1, 0.15) is 57.1 Å². The van der Waals surface area contributed by atoms with Crippen LogP contribution in [0.25, 0.3) is 0 Å². The number of amides is 3. The monoisotopic (exact) mass is 377 g/mol. The highest BCUT2D eigenvalue weighted by Crippen LogP contribution is 2.36. The highest BCUT2D eigenvalue weighted by Gasteiger charge is 2.29. The number of hydrogen-bond acceptors (Lipinski definition) is 2. The van der Waals surface area contributed by atoms with Crippen molar-refractivity contribution in [1.29, 1.82) is 0 Å². The highest BCUT2D eigenvalue weighted by atomic mass is 35.5. The molecular weight excluding hydrogens is 350 g/mol. The largest absolute Gasteiger partial charge is 0.343 e. The smallest absolute Gasteiger partial charge is 0.315 e. The van der Waals surface area contributed by atoms with Crippen molar-refractivity contribution in [2.45, 2.75) is 57.5 Å². The summed E-state index contributed by atoms with van der Waals surface area (Å²) >= 11 is 6.02. The average molecular weight is 378 g/mol. The summed E-state index contributed by atoms with van der Waals surface area (Å²) in [7, 11) is 0. The standard InChI is InChI=1S/C20H28ClN3O2/c1-14(25)24-12-10-18(11-13-24)22-20(26)23-19(15-4-2-3-5-15)16-6-8-17(21)9-7-16/h6-9,15,18-19H,2-5,10-13H2,1H3,(H2,22,23,26). The van der Waals surface area contributed by atoms with Crippen LogP contribution < -0.4 is 10.6 Å². The van der Waals surface area contributed by atoms with E-state index in [1.54, 1.807) is 6.92 Å². The van der Waals surface area contributed by atoms with E-state index in [1.807, 2.05) is 29.2 Å². The minimum atomic E-state index is -0.113. The molecule has 5 nitrogen and oxygen atoms in total. The van der Waals surface area contributed by atoms with Crippen LogP contribution in [0.15, 0.2) is 24.3 Å². The third-order valence-electron chi connectivity index (χ3n) is 5.66. The summed E-state index contributed by atoms with van der Waals surface area (Å²) in [6.07, 6.45) is 6.35. The molecule has 0 bridgehead atoms. The molecule has 1 atom stereocenters. The van der Waals surface area contributed by atoms with Crippen molar-refractivity contribution in [3.8, 4) is 0 Å². The van der Waals surface area contributed by atoms with Crippen molar-refractivity contribution >= 4 is 23.5 Å². The van der Waals surface area contributed by atoms with Crippen LogP contribution in [-0.4, -0.2) is 36.0 Å². The topological polar surface area (TPSA) is 61.4 Å². The van der Waals surface area contributed by atoms with Crippen LogP contribution in [-0.2, 0) is 4.79 Å². The first-order valence-electron chi connectivity index (χ1n) is 9.61. The average Bonchev–Trinajstić information content (AvgIpc) is 3.15. The molecule has 1 saturated carbocycles. The van der Waals surface area contributed by atoms with Gasteiger partial charge in [0.15, 0.2) is 0 Å². The minimum absolute atomic E-state index is 0.0204. The van der Waals surface area contributed by atoms with Crippen molar-refractivity contribution in [3.05, 3.63) is 34.9 Å². The van der Waals surface area contributed by atoms with Crippen molar-refractivity contribution in [2.24, 2.45) is 5.92 Å². The van der Waals surface area contributed by atoms with E-state index in [9.17, 15) is 9.59 Å². The lowest BCUT2D eigenvalue weighted by Gasteiger charge is -2.32. The number of rotatable bonds is 4. The second-order valence-corrected chi connectivity index (χ2v) is 7.91. The van der Waals surface area contributed by atoms with Crippen LogP contribution in [0.4, 0.5) is 4.79 Å². The molecule has 0 aromatic heterocycles. The maximum Gasteiger partial charge on any atom is 0.315 e. The summed E-state index contributed by atoms with van der Waals surface area (Å²) in [6, 6.07) is 7.82. The molecule has 26 heavy (non-hydrogen) atoms. The van der Waals surface area contributed by atoms with Gasteiger partial charge in [-0.25, -0.2) is 4.79 Å².